The Morgan fingerprint density at radius 3 is 2.65 bits per heavy atom. The summed E-state index contributed by atoms with van der Waals surface area (Å²) >= 11 is 3.36. The van der Waals surface area contributed by atoms with Crippen LogP contribution in [0.5, 0.6) is 0 Å². The highest BCUT2D eigenvalue weighted by atomic mass is 79.9. The second kappa shape index (κ2) is 7.62. The number of carbonyl (C=O) groups excluding carboxylic acids is 1. The molecule has 0 saturated carbocycles. The van der Waals surface area contributed by atoms with E-state index in [4.69, 9.17) is 0 Å². The van der Waals surface area contributed by atoms with E-state index in [0.29, 0.717) is 17.9 Å². The highest BCUT2D eigenvalue weighted by Gasteiger charge is 2.15. The highest BCUT2D eigenvalue weighted by molar-refractivity contribution is 9.10. The lowest BCUT2D eigenvalue weighted by atomic mass is 9.92. The number of aromatic nitrogens is 1. The molecule has 112 valence electrons. The fourth-order valence-corrected chi connectivity index (χ4v) is 1.97. The molecule has 0 bridgehead atoms. The van der Waals surface area contributed by atoms with Crippen molar-refractivity contribution in [2.24, 2.45) is 5.41 Å². The van der Waals surface area contributed by atoms with E-state index in [1.807, 2.05) is 0 Å². The number of rotatable bonds is 6. The van der Waals surface area contributed by atoms with Gasteiger partial charge in [-0.05, 0) is 40.3 Å². The molecule has 4 nitrogen and oxygen atoms in total. The maximum Gasteiger partial charge on any atom is 0.255 e. The molecule has 1 aromatic rings. The number of amides is 1. The number of hydrogen-bond acceptors (Lipinski definition) is 3. The van der Waals surface area contributed by atoms with Gasteiger partial charge in [0.2, 0.25) is 0 Å². The quantitative estimate of drug-likeness (QED) is 0.826. The van der Waals surface area contributed by atoms with Crippen molar-refractivity contribution >= 4 is 27.7 Å². The SMILES string of the molecule is CCCNc1ncc(Br)cc1C(=O)NCCC(C)(C)C. The van der Waals surface area contributed by atoms with Gasteiger partial charge in [0.15, 0.2) is 0 Å². The summed E-state index contributed by atoms with van der Waals surface area (Å²) in [6.45, 7) is 10.0. The second-order valence-electron chi connectivity index (χ2n) is 6.04. The van der Waals surface area contributed by atoms with Crippen molar-refractivity contribution in [2.45, 2.75) is 40.5 Å². The van der Waals surface area contributed by atoms with Crippen LogP contribution >= 0.6 is 15.9 Å². The van der Waals surface area contributed by atoms with Crippen molar-refractivity contribution in [1.29, 1.82) is 0 Å². The van der Waals surface area contributed by atoms with Gasteiger partial charge in [-0.2, -0.15) is 0 Å². The molecule has 0 aliphatic carbocycles. The zero-order chi connectivity index (χ0) is 15.2. The minimum atomic E-state index is -0.0818. The molecule has 0 aliphatic rings. The number of halogens is 1. The van der Waals surface area contributed by atoms with E-state index < -0.39 is 0 Å². The third kappa shape index (κ3) is 5.90. The van der Waals surface area contributed by atoms with E-state index in [0.717, 1.165) is 23.9 Å². The summed E-state index contributed by atoms with van der Waals surface area (Å²) in [5.41, 5.74) is 0.799. The molecule has 1 rings (SSSR count). The van der Waals surface area contributed by atoms with Crippen LogP contribution in [0.15, 0.2) is 16.7 Å². The first kappa shape index (κ1) is 17.0. The Kier molecular flexibility index (Phi) is 6.46. The largest absolute Gasteiger partial charge is 0.369 e. The van der Waals surface area contributed by atoms with Crippen LogP contribution in [0.1, 0.15) is 50.9 Å². The maximum atomic E-state index is 12.3. The van der Waals surface area contributed by atoms with E-state index in [1.54, 1.807) is 12.3 Å². The Morgan fingerprint density at radius 2 is 2.05 bits per heavy atom. The predicted octanol–water partition coefficient (Wildman–Crippen LogP) is 3.83. The Bertz CT molecular complexity index is 455. The average molecular weight is 342 g/mol. The molecular formula is C15H24BrN3O. The lowest BCUT2D eigenvalue weighted by Crippen LogP contribution is -2.28. The minimum Gasteiger partial charge on any atom is -0.369 e. The molecule has 0 unspecified atom stereocenters. The standard InChI is InChI=1S/C15H24BrN3O/c1-5-7-17-13-12(9-11(16)10-19-13)14(20)18-8-6-15(2,3)4/h9-10H,5-8H2,1-4H3,(H,17,19)(H,18,20). The van der Waals surface area contributed by atoms with Crippen LogP contribution in [-0.2, 0) is 0 Å². The summed E-state index contributed by atoms with van der Waals surface area (Å²) in [6.07, 6.45) is 3.63. The van der Waals surface area contributed by atoms with Gasteiger partial charge >= 0.3 is 0 Å². The van der Waals surface area contributed by atoms with Crippen LogP contribution in [0.4, 0.5) is 5.82 Å². The Morgan fingerprint density at radius 1 is 1.35 bits per heavy atom. The van der Waals surface area contributed by atoms with Crippen LogP contribution in [0.2, 0.25) is 0 Å². The van der Waals surface area contributed by atoms with Gasteiger partial charge in [0.1, 0.15) is 5.82 Å². The molecule has 5 heteroatoms. The van der Waals surface area contributed by atoms with Gasteiger partial charge in [0, 0.05) is 23.8 Å². The molecular weight excluding hydrogens is 318 g/mol. The molecule has 0 fully saturated rings. The molecule has 1 heterocycles. The molecule has 0 atom stereocenters. The third-order valence-electron chi connectivity index (χ3n) is 2.80. The molecule has 0 saturated heterocycles. The lowest BCUT2D eigenvalue weighted by molar-refractivity contribution is 0.0950. The maximum absolute atomic E-state index is 12.3. The van der Waals surface area contributed by atoms with Gasteiger partial charge in [0.25, 0.3) is 5.91 Å². The van der Waals surface area contributed by atoms with Crippen molar-refractivity contribution in [3.63, 3.8) is 0 Å². The van der Waals surface area contributed by atoms with Crippen molar-refractivity contribution < 1.29 is 4.79 Å². The first-order valence-corrected chi connectivity index (χ1v) is 7.80. The summed E-state index contributed by atoms with van der Waals surface area (Å²) in [5.74, 6) is 0.560. The molecule has 20 heavy (non-hydrogen) atoms. The number of nitrogens with zero attached hydrogens (tertiary/aromatic N) is 1. The van der Waals surface area contributed by atoms with Crippen LogP contribution < -0.4 is 10.6 Å². The van der Waals surface area contributed by atoms with Gasteiger partial charge in [-0.3, -0.25) is 4.79 Å². The highest BCUT2D eigenvalue weighted by Crippen LogP contribution is 2.19. The number of carbonyl (C=O) groups is 1. The fraction of sp³-hybridized carbons (Fsp3) is 0.600. The van der Waals surface area contributed by atoms with Crippen LogP contribution in [-0.4, -0.2) is 24.0 Å². The summed E-state index contributed by atoms with van der Waals surface area (Å²) in [5, 5.41) is 6.14. The first-order chi connectivity index (χ1) is 9.33. The fourth-order valence-electron chi connectivity index (χ4n) is 1.64. The van der Waals surface area contributed by atoms with Gasteiger partial charge in [-0.15, -0.1) is 0 Å². The molecule has 2 N–H and O–H groups in total. The Balaban J connectivity index is 2.72. The molecule has 0 radical (unpaired) electrons. The summed E-state index contributed by atoms with van der Waals surface area (Å²) in [7, 11) is 0. The number of anilines is 1. The Hall–Kier alpha value is -1.10. The second-order valence-corrected chi connectivity index (χ2v) is 6.96. The summed E-state index contributed by atoms with van der Waals surface area (Å²) in [6, 6.07) is 1.80. The zero-order valence-corrected chi connectivity index (χ0v) is 14.3. The molecule has 1 aromatic heterocycles. The van der Waals surface area contributed by atoms with Crippen molar-refractivity contribution in [1.82, 2.24) is 10.3 Å². The van der Waals surface area contributed by atoms with E-state index in [-0.39, 0.29) is 11.3 Å². The number of hydrogen-bond donors (Lipinski definition) is 2. The lowest BCUT2D eigenvalue weighted by Gasteiger charge is -2.18. The topological polar surface area (TPSA) is 54.0 Å². The molecule has 0 aromatic carbocycles. The minimum absolute atomic E-state index is 0.0818. The normalized spacial score (nSPS) is 11.2. The molecule has 0 aliphatic heterocycles. The van der Waals surface area contributed by atoms with Crippen molar-refractivity contribution in [2.75, 3.05) is 18.4 Å². The Labute approximate surface area is 129 Å². The van der Waals surface area contributed by atoms with Crippen LogP contribution in [0, 0.1) is 5.41 Å². The van der Waals surface area contributed by atoms with Crippen LogP contribution in [0.3, 0.4) is 0 Å². The smallest absolute Gasteiger partial charge is 0.255 e. The van der Waals surface area contributed by atoms with E-state index in [1.165, 1.54) is 0 Å². The van der Waals surface area contributed by atoms with Crippen LogP contribution in [0.25, 0.3) is 0 Å². The summed E-state index contributed by atoms with van der Waals surface area (Å²) in [4.78, 5) is 16.5. The predicted molar refractivity (Wildman–Crippen MR) is 87.1 cm³/mol. The van der Waals surface area contributed by atoms with E-state index in [2.05, 4.69) is 59.2 Å². The monoisotopic (exact) mass is 341 g/mol. The number of nitrogens with one attached hydrogen (secondary N) is 2. The van der Waals surface area contributed by atoms with Crippen molar-refractivity contribution in [3.05, 3.63) is 22.3 Å². The number of pyridine rings is 1. The summed E-state index contributed by atoms with van der Waals surface area (Å²) < 4.78 is 0.806. The third-order valence-corrected chi connectivity index (χ3v) is 3.24. The van der Waals surface area contributed by atoms with E-state index >= 15 is 0 Å². The van der Waals surface area contributed by atoms with Crippen molar-refractivity contribution in [3.8, 4) is 0 Å². The van der Waals surface area contributed by atoms with Gasteiger partial charge < -0.3 is 10.6 Å². The van der Waals surface area contributed by atoms with E-state index in [9.17, 15) is 4.79 Å². The first-order valence-electron chi connectivity index (χ1n) is 7.01. The average Bonchev–Trinajstić information content (AvgIpc) is 2.35. The van der Waals surface area contributed by atoms with Gasteiger partial charge in [0.05, 0.1) is 5.56 Å². The van der Waals surface area contributed by atoms with Gasteiger partial charge in [-0.1, -0.05) is 27.7 Å². The zero-order valence-electron chi connectivity index (χ0n) is 12.7. The molecule has 1 amide bonds. The van der Waals surface area contributed by atoms with Gasteiger partial charge in [-0.25, -0.2) is 4.98 Å². The molecule has 0 spiro atoms.